The number of nitrogens with two attached hydrogens (primary N) is 1. The SMILES string of the molecule is C[C@@H](N)C(=O)N(C)CC(=O)Nc1ccccc1. The normalized spacial score (nSPS) is 11.7. The van der Waals surface area contributed by atoms with Crippen LogP contribution >= 0.6 is 0 Å². The minimum absolute atomic E-state index is 0.00469. The summed E-state index contributed by atoms with van der Waals surface area (Å²) in [5.41, 5.74) is 6.15. The van der Waals surface area contributed by atoms with Gasteiger partial charge in [-0.15, -0.1) is 0 Å². The van der Waals surface area contributed by atoms with E-state index in [0.29, 0.717) is 5.69 Å². The number of amides is 2. The zero-order valence-corrected chi connectivity index (χ0v) is 10.0. The van der Waals surface area contributed by atoms with Crippen molar-refractivity contribution in [2.24, 2.45) is 5.73 Å². The molecule has 0 unspecified atom stereocenters. The van der Waals surface area contributed by atoms with Gasteiger partial charge in [0.15, 0.2) is 0 Å². The number of likely N-dealkylation sites (N-methyl/N-ethyl adjacent to an activating group) is 1. The molecule has 0 saturated heterocycles. The Morgan fingerprint density at radius 3 is 2.47 bits per heavy atom. The third kappa shape index (κ3) is 4.24. The van der Waals surface area contributed by atoms with Gasteiger partial charge in [-0.25, -0.2) is 0 Å². The van der Waals surface area contributed by atoms with Crippen molar-refractivity contribution in [1.29, 1.82) is 0 Å². The molecule has 1 atom stereocenters. The summed E-state index contributed by atoms with van der Waals surface area (Å²) in [5, 5.41) is 2.69. The second-order valence-corrected chi connectivity index (χ2v) is 3.90. The number of anilines is 1. The maximum atomic E-state index is 11.6. The zero-order chi connectivity index (χ0) is 12.8. The minimum atomic E-state index is -0.593. The molecule has 5 heteroatoms. The lowest BCUT2D eigenvalue weighted by Crippen LogP contribution is -2.43. The Kier molecular flexibility index (Phi) is 4.66. The van der Waals surface area contributed by atoms with Gasteiger partial charge in [-0.2, -0.15) is 0 Å². The highest BCUT2D eigenvalue weighted by Crippen LogP contribution is 2.04. The molecule has 0 spiro atoms. The van der Waals surface area contributed by atoms with E-state index in [-0.39, 0.29) is 18.4 Å². The molecule has 0 aliphatic heterocycles. The van der Waals surface area contributed by atoms with Crippen LogP contribution in [0.25, 0.3) is 0 Å². The number of carbonyl (C=O) groups is 2. The first-order valence-electron chi connectivity index (χ1n) is 5.36. The van der Waals surface area contributed by atoms with Crippen molar-refractivity contribution in [3.05, 3.63) is 30.3 Å². The summed E-state index contributed by atoms with van der Waals surface area (Å²) >= 11 is 0. The number of carbonyl (C=O) groups excluding carboxylic acids is 2. The molecule has 92 valence electrons. The quantitative estimate of drug-likeness (QED) is 0.794. The second-order valence-electron chi connectivity index (χ2n) is 3.90. The Morgan fingerprint density at radius 2 is 1.94 bits per heavy atom. The average Bonchev–Trinajstić information content (AvgIpc) is 2.28. The third-order valence-electron chi connectivity index (χ3n) is 2.20. The third-order valence-corrected chi connectivity index (χ3v) is 2.20. The lowest BCUT2D eigenvalue weighted by atomic mass is 10.3. The summed E-state index contributed by atoms with van der Waals surface area (Å²) in [4.78, 5) is 24.4. The zero-order valence-electron chi connectivity index (χ0n) is 10.0. The molecule has 0 radical (unpaired) electrons. The molecule has 1 rings (SSSR count). The number of nitrogens with zero attached hydrogens (tertiary/aromatic N) is 1. The standard InChI is InChI=1S/C12H17N3O2/c1-9(13)12(17)15(2)8-11(16)14-10-6-4-3-5-7-10/h3-7,9H,8,13H2,1-2H3,(H,14,16)/t9-/m1/s1. The first-order valence-corrected chi connectivity index (χ1v) is 5.36. The summed E-state index contributed by atoms with van der Waals surface area (Å²) in [6, 6.07) is 8.49. The van der Waals surface area contributed by atoms with Crippen molar-refractivity contribution in [3.63, 3.8) is 0 Å². The number of nitrogens with one attached hydrogen (secondary N) is 1. The largest absolute Gasteiger partial charge is 0.335 e. The van der Waals surface area contributed by atoms with Crippen LogP contribution in [0.5, 0.6) is 0 Å². The fourth-order valence-corrected chi connectivity index (χ4v) is 1.36. The van der Waals surface area contributed by atoms with Gasteiger partial charge in [0.25, 0.3) is 0 Å². The first-order chi connectivity index (χ1) is 8.00. The Bertz CT molecular complexity index is 390. The molecule has 1 aromatic rings. The van der Waals surface area contributed by atoms with Gasteiger partial charge in [0.05, 0.1) is 12.6 Å². The van der Waals surface area contributed by atoms with E-state index in [2.05, 4.69) is 5.32 Å². The second kappa shape index (κ2) is 6.00. The first kappa shape index (κ1) is 13.2. The summed E-state index contributed by atoms with van der Waals surface area (Å²) in [5.74, 6) is -0.499. The molecule has 5 nitrogen and oxygen atoms in total. The number of benzene rings is 1. The number of rotatable bonds is 4. The van der Waals surface area contributed by atoms with Crippen LogP contribution in [0.3, 0.4) is 0 Å². The van der Waals surface area contributed by atoms with Gasteiger partial charge in [-0.1, -0.05) is 18.2 Å². The van der Waals surface area contributed by atoms with Gasteiger partial charge in [-0.3, -0.25) is 9.59 Å². The number of hydrogen-bond acceptors (Lipinski definition) is 3. The highest BCUT2D eigenvalue weighted by Gasteiger charge is 2.16. The van der Waals surface area contributed by atoms with Crippen molar-refractivity contribution >= 4 is 17.5 Å². The molecule has 0 aliphatic carbocycles. The van der Waals surface area contributed by atoms with Crippen LogP contribution in [0.15, 0.2) is 30.3 Å². The van der Waals surface area contributed by atoms with Gasteiger partial charge in [0.1, 0.15) is 0 Å². The Morgan fingerprint density at radius 1 is 1.35 bits per heavy atom. The lowest BCUT2D eigenvalue weighted by molar-refractivity contribution is -0.134. The molecule has 1 aromatic carbocycles. The molecule has 0 fully saturated rings. The predicted octanol–water partition coefficient (Wildman–Crippen LogP) is 0.431. The predicted molar refractivity (Wildman–Crippen MR) is 66.4 cm³/mol. The number of para-hydroxylation sites is 1. The molecule has 0 saturated carbocycles. The topological polar surface area (TPSA) is 75.4 Å². The van der Waals surface area contributed by atoms with Crippen LogP contribution in [0, 0.1) is 0 Å². The van der Waals surface area contributed by atoms with E-state index in [4.69, 9.17) is 5.73 Å². The van der Waals surface area contributed by atoms with Crippen molar-refractivity contribution in [3.8, 4) is 0 Å². The lowest BCUT2D eigenvalue weighted by Gasteiger charge is -2.18. The van der Waals surface area contributed by atoms with E-state index in [1.54, 1.807) is 26.1 Å². The Balaban J connectivity index is 2.48. The summed E-state index contributed by atoms with van der Waals surface area (Å²) in [6.45, 7) is 1.59. The molecule has 0 bridgehead atoms. The van der Waals surface area contributed by atoms with Crippen LogP contribution in [-0.4, -0.2) is 36.3 Å². The summed E-state index contributed by atoms with van der Waals surface area (Å²) in [6.07, 6.45) is 0. The van der Waals surface area contributed by atoms with E-state index >= 15 is 0 Å². The van der Waals surface area contributed by atoms with E-state index in [9.17, 15) is 9.59 Å². The van der Waals surface area contributed by atoms with E-state index in [1.165, 1.54) is 4.90 Å². The van der Waals surface area contributed by atoms with Crippen LogP contribution in [-0.2, 0) is 9.59 Å². The highest BCUT2D eigenvalue weighted by atomic mass is 16.2. The average molecular weight is 235 g/mol. The van der Waals surface area contributed by atoms with Crippen molar-refractivity contribution in [2.75, 3.05) is 18.9 Å². The van der Waals surface area contributed by atoms with Crippen molar-refractivity contribution in [2.45, 2.75) is 13.0 Å². The molecule has 2 amide bonds. The minimum Gasteiger partial charge on any atom is -0.335 e. The van der Waals surface area contributed by atoms with E-state index < -0.39 is 6.04 Å². The summed E-state index contributed by atoms with van der Waals surface area (Å²) < 4.78 is 0. The maximum absolute atomic E-state index is 11.6. The van der Waals surface area contributed by atoms with Gasteiger partial charge < -0.3 is 16.0 Å². The molecular formula is C12H17N3O2. The van der Waals surface area contributed by atoms with Crippen LogP contribution < -0.4 is 11.1 Å². The van der Waals surface area contributed by atoms with E-state index in [1.807, 2.05) is 18.2 Å². The van der Waals surface area contributed by atoms with Gasteiger partial charge in [0.2, 0.25) is 11.8 Å². The smallest absolute Gasteiger partial charge is 0.243 e. The molecule has 0 heterocycles. The van der Waals surface area contributed by atoms with Crippen molar-refractivity contribution in [1.82, 2.24) is 4.90 Å². The number of hydrogen-bond donors (Lipinski definition) is 2. The van der Waals surface area contributed by atoms with Gasteiger partial charge in [-0.05, 0) is 19.1 Å². The van der Waals surface area contributed by atoms with Gasteiger partial charge >= 0.3 is 0 Å². The molecule has 0 aromatic heterocycles. The monoisotopic (exact) mass is 235 g/mol. The van der Waals surface area contributed by atoms with Crippen LogP contribution in [0.1, 0.15) is 6.92 Å². The fourth-order valence-electron chi connectivity index (χ4n) is 1.36. The molecule has 0 aliphatic rings. The molecule has 17 heavy (non-hydrogen) atoms. The van der Waals surface area contributed by atoms with Crippen LogP contribution in [0.4, 0.5) is 5.69 Å². The molecular weight excluding hydrogens is 218 g/mol. The van der Waals surface area contributed by atoms with Crippen molar-refractivity contribution < 1.29 is 9.59 Å². The summed E-state index contributed by atoms with van der Waals surface area (Å²) in [7, 11) is 1.55. The fraction of sp³-hybridized carbons (Fsp3) is 0.333. The van der Waals surface area contributed by atoms with Gasteiger partial charge in [0, 0.05) is 12.7 Å². The van der Waals surface area contributed by atoms with E-state index in [0.717, 1.165) is 0 Å². The van der Waals surface area contributed by atoms with Crippen LogP contribution in [0.2, 0.25) is 0 Å². The Labute approximate surface area is 101 Å². The highest BCUT2D eigenvalue weighted by molar-refractivity contribution is 5.95. The Hall–Kier alpha value is -1.88. The maximum Gasteiger partial charge on any atom is 0.243 e. The molecule has 3 N–H and O–H groups in total.